The van der Waals surface area contributed by atoms with Crippen LogP contribution in [-0.4, -0.2) is 25.6 Å². The first-order chi connectivity index (χ1) is 9.03. The second kappa shape index (κ2) is 4.33. The van der Waals surface area contributed by atoms with Crippen molar-refractivity contribution >= 4 is 17.1 Å². The van der Waals surface area contributed by atoms with E-state index in [1.165, 1.54) is 6.42 Å². The molecule has 1 atom stereocenters. The van der Waals surface area contributed by atoms with E-state index in [-0.39, 0.29) is 0 Å². The van der Waals surface area contributed by atoms with Gasteiger partial charge in [-0.15, -0.1) is 0 Å². The van der Waals surface area contributed by atoms with Crippen LogP contribution in [0, 0.1) is 5.41 Å². The highest BCUT2D eigenvalue weighted by Crippen LogP contribution is 2.30. The fourth-order valence-corrected chi connectivity index (χ4v) is 2.35. The van der Waals surface area contributed by atoms with Crippen LogP contribution in [0.5, 0.6) is 0 Å². The number of nitrogens with zero attached hydrogens (tertiary/aromatic N) is 4. The molecule has 1 aliphatic carbocycles. The molecule has 1 N–H and O–H groups in total. The van der Waals surface area contributed by atoms with Crippen molar-refractivity contribution < 1.29 is 0 Å². The first-order valence-electron chi connectivity index (χ1n) is 6.63. The molecule has 0 saturated carbocycles. The van der Waals surface area contributed by atoms with Crippen LogP contribution in [0.1, 0.15) is 26.7 Å². The second-order valence-electron chi connectivity index (χ2n) is 5.90. The van der Waals surface area contributed by atoms with Crippen LogP contribution >= 0.6 is 0 Å². The first-order valence-corrected chi connectivity index (χ1v) is 6.63. The van der Waals surface area contributed by atoms with Crippen LogP contribution in [0.2, 0.25) is 0 Å². The molecule has 0 bridgehead atoms. The number of hydrogen-bond acceptors (Lipinski definition) is 4. The number of anilines is 1. The molecule has 5 heteroatoms. The fourth-order valence-electron chi connectivity index (χ4n) is 2.35. The van der Waals surface area contributed by atoms with Crippen molar-refractivity contribution in [1.82, 2.24) is 19.5 Å². The molecule has 0 spiro atoms. The van der Waals surface area contributed by atoms with Crippen LogP contribution < -0.4 is 5.32 Å². The quantitative estimate of drug-likeness (QED) is 0.840. The Balaban J connectivity index is 1.79. The van der Waals surface area contributed by atoms with Gasteiger partial charge in [0.1, 0.15) is 5.52 Å². The number of hydrogen-bond donors (Lipinski definition) is 1. The van der Waals surface area contributed by atoms with Gasteiger partial charge in [-0.3, -0.25) is 0 Å². The van der Waals surface area contributed by atoms with E-state index in [9.17, 15) is 0 Å². The van der Waals surface area contributed by atoms with Crippen molar-refractivity contribution in [3.8, 4) is 0 Å². The van der Waals surface area contributed by atoms with Gasteiger partial charge in [0, 0.05) is 13.1 Å². The van der Waals surface area contributed by atoms with E-state index >= 15 is 0 Å². The molecule has 0 aliphatic heterocycles. The summed E-state index contributed by atoms with van der Waals surface area (Å²) in [5, 5.41) is 3.36. The summed E-state index contributed by atoms with van der Waals surface area (Å²) in [7, 11) is 1.94. The monoisotopic (exact) mass is 257 g/mol. The molecular formula is C14H19N5. The van der Waals surface area contributed by atoms with Gasteiger partial charge in [0.15, 0.2) is 5.65 Å². The Hall–Kier alpha value is -1.91. The molecule has 19 heavy (non-hydrogen) atoms. The molecule has 2 aromatic rings. The lowest BCUT2D eigenvalue weighted by Gasteiger charge is -2.28. The normalized spacial score (nSPS) is 21.7. The average molecular weight is 257 g/mol. The maximum Gasteiger partial charge on any atom is 0.225 e. The van der Waals surface area contributed by atoms with E-state index in [0.29, 0.717) is 17.4 Å². The van der Waals surface area contributed by atoms with Crippen molar-refractivity contribution in [2.45, 2.75) is 32.7 Å². The third kappa shape index (κ3) is 2.45. The first kappa shape index (κ1) is 12.1. The van der Waals surface area contributed by atoms with E-state index in [2.05, 4.69) is 46.3 Å². The van der Waals surface area contributed by atoms with Crippen LogP contribution in [0.4, 0.5) is 5.95 Å². The number of rotatable bonds is 2. The molecule has 3 rings (SSSR count). The molecule has 0 radical (unpaired) electrons. The molecule has 0 saturated heterocycles. The van der Waals surface area contributed by atoms with E-state index in [4.69, 9.17) is 0 Å². The zero-order chi connectivity index (χ0) is 13.5. The molecule has 0 fully saturated rings. The molecule has 5 nitrogen and oxygen atoms in total. The third-order valence-corrected chi connectivity index (χ3v) is 3.68. The van der Waals surface area contributed by atoms with Crippen LogP contribution in [0.15, 0.2) is 24.7 Å². The summed E-state index contributed by atoms with van der Waals surface area (Å²) in [4.78, 5) is 13.0. The number of fused-ring (bicyclic) bond motifs is 1. The largest absolute Gasteiger partial charge is 0.348 e. The zero-order valence-corrected chi connectivity index (χ0v) is 11.6. The van der Waals surface area contributed by atoms with E-state index in [1.807, 2.05) is 17.8 Å². The van der Waals surface area contributed by atoms with E-state index < -0.39 is 0 Å². The molecule has 2 heterocycles. The van der Waals surface area contributed by atoms with Gasteiger partial charge in [-0.25, -0.2) is 9.97 Å². The van der Waals surface area contributed by atoms with Gasteiger partial charge in [-0.2, -0.15) is 4.98 Å². The Morgan fingerprint density at radius 3 is 2.95 bits per heavy atom. The Labute approximate surface area is 112 Å². The molecule has 0 amide bonds. The van der Waals surface area contributed by atoms with E-state index in [0.717, 1.165) is 17.6 Å². The highest BCUT2D eigenvalue weighted by molar-refractivity contribution is 5.70. The maximum atomic E-state index is 4.44. The number of nitrogens with one attached hydrogen (secondary N) is 1. The van der Waals surface area contributed by atoms with Crippen LogP contribution in [0.3, 0.4) is 0 Å². The smallest absolute Gasteiger partial charge is 0.225 e. The molecule has 1 unspecified atom stereocenters. The maximum absolute atomic E-state index is 4.44. The number of imidazole rings is 1. The minimum atomic E-state index is 0.310. The minimum Gasteiger partial charge on any atom is -0.348 e. The van der Waals surface area contributed by atoms with Crippen molar-refractivity contribution in [2.24, 2.45) is 12.5 Å². The lowest BCUT2D eigenvalue weighted by molar-refractivity contribution is 0.395. The summed E-state index contributed by atoms with van der Waals surface area (Å²) >= 11 is 0. The highest BCUT2D eigenvalue weighted by atomic mass is 15.2. The summed E-state index contributed by atoms with van der Waals surface area (Å²) in [5.74, 6) is 0.653. The molecule has 100 valence electrons. The van der Waals surface area contributed by atoms with Gasteiger partial charge in [-0.1, -0.05) is 26.0 Å². The minimum absolute atomic E-state index is 0.310. The van der Waals surface area contributed by atoms with Crippen molar-refractivity contribution in [3.63, 3.8) is 0 Å². The Bertz CT molecular complexity index is 626. The van der Waals surface area contributed by atoms with Crippen molar-refractivity contribution in [2.75, 3.05) is 5.32 Å². The molecule has 0 aromatic carbocycles. The highest BCUT2D eigenvalue weighted by Gasteiger charge is 2.21. The van der Waals surface area contributed by atoms with Gasteiger partial charge in [0.25, 0.3) is 0 Å². The summed E-state index contributed by atoms with van der Waals surface area (Å²) in [6.07, 6.45) is 10.3. The third-order valence-electron chi connectivity index (χ3n) is 3.68. The van der Waals surface area contributed by atoms with Gasteiger partial charge in [0.05, 0.1) is 12.5 Å². The van der Waals surface area contributed by atoms with Gasteiger partial charge in [-0.05, 0) is 18.3 Å². The standard InChI is InChI=1S/C14H19N5/c1-14(2)6-4-10(5-7-14)17-13-15-8-11-12(18-13)16-9-19(11)3/h4,6,8-10H,5,7H2,1-3H3,(H,15,17,18). The SMILES string of the molecule is Cn1cnc2nc(NC3C=CC(C)(C)CC3)ncc21. The number of aryl methyl sites for hydroxylation is 1. The van der Waals surface area contributed by atoms with Crippen molar-refractivity contribution in [1.29, 1.82) is 0 Å². The van der Waals surface area contributed by atoms with Gasteiger partial charge < -0.3 is 9.88 Å². The van der Waals surface area contributed by atoms with Crippen LogP contribution in [-0.2, 0) is 7.05 Å². The Kier molecular flexibility index (Phi) is 2.77. The van der Waals surface area contributed by atoms with E-state index in [1.54, 1.807) is 6.33 Å². The summed E-state index contributed by atoms with van der Waals surface area (Å²) in [6, 6.07) is 0.314. The Morgan fingerprint density at radius 2 is 2.21 bits per heavy atom. The van der Waals surface area contributed by atoms with Gasteiger partial charge >= 0.3 is 0 Å². The lowest BCUT2D eigenvalue weighted by Crippen LogP contribution is -2.25. The molecular weight excluding hydrogens is 238 g/mol. The number of allylic oxidation sites excluding steroid dienone is 1. The second-order valence-corrected chi connectivity index (χ2v) is 5.90. The Morgan fingerprint density at radius 1 is 1.37 bits per heavy atom. The lowest BCUT2D eigenvalue weighted by atomic mass is 9.81. The fraction of sp³-hybridized carbons (Fsp3) is 0.500. The average Bonchev–Trinajstić information content (AvgIpc) is 2.74. The molecule has 2 aromatic heterocycles. The summed E-state index contributed by atoms with van der Waals surface area (Å²) in [6.45, 7) is 4.52. The van der Waals surface area contributed by atoms with Gasteiger partial charge in [0.2, 0.25) is 5.95 Å². The number of aromatic nitrogens is 4. The zero-order valence-electron chi connectivity index (χ0n) is 11.6. The predicted molar refractivity (Wildman–Crippen MR) is 75.9 cm³/mol. The predicted octanol–water partition coefficient (Wildman–Crippen LogP) is 2.52. The van der Waals surface area contributed by atoms with Crippen LogP contribution in [0.25, 0.3) is 11.2 Å². The molecule has 1 aliphatic rings. The summed E-state index contributed by atoms with van der Waals surface area (Å²) in [5.41, 5.74) is 2.00. The topological polar surface area (TPSA) is 55.6 Å². The van der Waals surface area contributed by atoms with Crippen molar-refractivity contribution in [3.05, 3.63) is 24.7 Å². The summed E-state index contributed by atoms with van der Waals surface area (Å²) < 4.78 is 1.92.